The molecule has 0 aromatic heterocycles. The summed E-state index contributed by atoms with van der Waals surface area (Å²) in [4.78, 5) is 24.9. The molecule has 1 aromatic rings. The van der Waals surface area contributed by atoms with Crippen LogP contribution in [0.25, 0.3) is 0 Å². The van der Waals surface area contributed by atoms with Gasteiger partial charge in [0.2, 0.25) is 0 Å². The van der Waals surface area contributed by atoms with Gasteiger partial charge >= 0.3 is 11.9 Å². The average Bonchev–Trinajstić information content (AvgIpc) is 3.60. The molecule has 5 aliphatic rings. The lowest BCUT2D eigenvalue weighted by Gasteiger charge is -2.66. The van der Waals surface area contributed by atoms with E-state index in [2.05, 4.69) is 20.8 Å². The summed E-state index contributed by atoms with van der Waals surface area (Å²) in [5, 5.41) is 0. The molecule has 3 unspecified atom stereocenters. The second-order valence-electron chi connectivity index (χ2n) is 12.7. The van der Waals surface area contributed by atoms with Gasteiger partial charge in [-0.25, -0.2) is 4.79 Å². The van der Waals surface area contributed by atoms with Crippen molar-refractivity contribution >= 4 is 11.9 Å². The van der Waals surface area contributed by atoms with Crippen molar-refractivity contribution in [2.75, 3.05) is 6.61 Å². The van der Waals surface area contributed by atoms with Gasteiger partial charge in [0.1, 0.15) is 6.10 Å². The van der Waals surface area contributed by atoms with Crippen molar-refractivity contribution in [2.24, 2.45) is 33.5 Å². The van der Waals surface area contributed by atoms with Gasteiger partial charge in [0.05, 0.1) is 24.4 Å². The maximum atomic E-state index is 13.3. The van der Waals surface area contributed by atoms with E-state index in [1.807, 2.05) is 30.3 Å². The number of esters is 2. The number of hydrogen-bond acceptors (Lipinski definition) is 5. The summed E-state index contributed by atoms with van der Waals surface area (Å²) in [5.41, 5.74) is 0.549. The average molecular weight is 467 g/mol. The molecule has 4 saturated carbocycles. The van der Waals surface area contributed by atoms with Crippen molar-refractivity contribution in [3.8, 4) is 0 Å². The number of rotatable bonds is 4. The molecule has 1 heterocycles. The van der Waals surface area contributed by atoms with E-state index in [1.54, 1.807) is 0 Å². The van der Waals surface area contributed by atoms with Crippen LogP contribution in [0.4, 0.5) is 0 Å². The number of epoxide rings is 1. The Kier molecular flexibility index (Phi) is 4.86. The van der Waals surface area contributed by atoms with E-state index in [9.17, 15) is 9.59 Å². The van der Waals surface area contributed by atoms with E-state index < -0.39 is 0 Å². The lowest BCUT2D eigenvalue weighted by Crippen LogP contribution is -2.64. The quantitative estimate of drug-likeness (QED) is 0.429. The zero-order valence-electron chi connectivity index (χ0n) is 21.0. The van der Waals surface area contributed by atoms with Gasteiger partial charge in [-0.15, -0.1) is 0 Å². The van der Waals surface area contributed by atoms with Crippen LogP contribution in [-0.4, -0.2) is 36.9 Å². The van der Waals surface area contributed by atoms with E-state index >= 15 is 0 Å². The van der Waals surface area contributed by atoms with E-state index in [0.717, 1.165) is 32.1 Å². The van der Waals surface area contributed by atoms with Gasteiger partial charge in [0.15, 0.2) is 0 Å². The number of carbonyl (C=O) groups is 2. The number of benzene rings is 1. The van der Waals surface area contributed by atoms with Gasteiger partial charge < -0.3 is 14.2 Å². The van der Waals surface area contributed by atoms with Gasteiger partial charge in [-0.1, -0.05) is 45.4 Å². The van der Waals surface area contributed by atoms with Crippen molar-refractivity contribution in [3.63, 3.8) is 0 Å². The second kappa shape index (κ2) is 7.32. The molecule has 0 amide bonds. The third kappa shape index (κ3) is 2.88. The Hall–Kier alpha value is -1.88. The molecule has 0 radical (unpaired) electrons. The Morgan fingerprint density at radius 2 is 1.68 bits per heavy atom. The summed E-state index contributed by atoms with van der Waals surface area (Å²) >= 11 is 0. The minimum atomic E-state index is -0.200. The maximum Gasteiger partial charge on any atom is 0.338 e. The van der Waals surface area contributed by atoms with Gasteiger partial charge in [0, 0.05) is 23.2 Å². The third-order valence-corrected chi connectivity index (χ3v) is 11.0. The largest absolute Gasteiger partial charge is 0.465 e. The summed E-state index contributed by atoms with van der Waals surface area (Å²) in [6.45, 7) is 9.14. The van der Waals surface area contributed by atoms with Crippen molar-refractivity contribution in [3.05, 3.63) is 35.9 Å². The highest BCUT2D eigenvalue weighted by atomic mass is 16.6. The molecule has 2 bridgehead atoms. The highest BCUT2D eigenvalue weighted by molar-refractivity contribution is 5.89. The number of hydrogen-bond donors (Lipinski definition) is 0. The molecule has 9 atom stereocenters. The van der Waals surface area contributed by atoms with Gasteiger partial charge in [-0.3, -0.25) is 4.79 Å². The van der Waals surface area contributed by atoms with Crippen LogP contribution < -0.4 is 0 Å². The van der Waals surface area contributed by atoms with Crippen molar-refractivity contribution in [1.82, 2.24) is 0 Å². The predicted octanol–water partition coefficient (Wildman–Crippen LogP) is 5.57. The first-order chi connectivity index (χ1) is 16.2. The Bertz CT molecular complexity index is 1010. The SMILES string of the molecule is CC(=O)OC[C@@]1(C)CCC[C@@]2(C)C3CC[C@]4(C)[C@H]5O[C@H]5C3(CCC12)[C@@H]4OC(=O)c1ccccc1. The summed E-state index contributed by atoms with van der Waals surface area (Å²) < 4.78 is 18.5. The predicted molar refractivity (Wildman–Crippen MR) is 127 cm³/mol. The van der Waals surface area contributed by atoms with Crippen LogP contribution >= 0.6 is 0 Å². The van der Waals surface area contributed by atoms with Crippen LogP contribution in [0.1, 0.15) is 83.0 Å². The lowest BCUT2D eigenvalue weighted by molar-refractivity contribution is -0.228. The maximum absolute atomic E-state index is 13.3. The topological polar surface area (TPSA) is 65.1 Å². The highest BCUT2D eigenvalue weighted by Gasteiger charge is 2.82. The molecule has 6 rings (SSSR count). The summed E-state index contributed by atoms with van der Waals surface area (Å²) in [6, 6.07) is 9.42. The highest BCUT2D eigenvalue weighted by Crippen LogP contribution is 2.78. The fourth-order valence-corrected chi connectivity index (χ4v) is 9.64. The van der Waals surface area contributed by atoms with Crippen LogP contribution in [0.2, 0.25) is 0 Å². The standard InChI is InChI=1S/C29H38O5/c1-18(30)32-17-26(2)13-8-14-27(3)20(26)12-16-29-21(27)11-15-28(4,22-23(29)33-22)25(29)34-24(31)19-9-6-5-7-10-19/h5-7,9-10,20-23,25H,8,11-17H2,1-4H3/t20?,21?,22-,23+,25+,26+,27+,28+,29?/m0/s1. The Balaban J connectivity index is 1.35. The summed E-state index contributed by atoms with van der Waals surface area (Å²) in [7, 11) is 0. The fraction of sp³-hybridized carbons (Fsp3) is 0.724. The van der Waals surface area contributed by atoms with Gasteiger partial charge in [0.25, 0.3) is 0 Å². The van der Waals surface area contributed by atoms with Gasteiger partial charge in [-0.05, 0) is 67.9 Å². The minimum Gasteiger partial charge on any atom is -0.465 e. The second-order valence-corrected chi connectivity index (χ2v) is 12.7. The first-order valence-corrected chi connectivity index (χ1v) is 13.2. The molecule has 1 aliphatic heterocycles. The van der Waals surface area contributed by atoms with E-state index in [4.69, 9.17) is 14.2 Å². The van der Waals surface area contributed by atoms with Crippen molar-refractivity contribution < 1.29 is 23.8 Å². The molecule has 1 saturated heterocycles. The molecule has 5 heteroatoms. The fourth-order valence-electron chi connectivity index (χ4n) is 9.64. The monoisotopic (exact) mass is 466 g/mol. The first-order valence-electron chi connectivity index (χ1n) is 13.2. The summed E-state index contributed by atoms with van der Waals surface area (Å²) in [6.07, 6.45) is 8.07. The molecule has 184 valence electrons. The zero-order valence-corrected chi connectivity index (χ0v) is 21.0. The molecule has 0 N–H and O–H groups in total. The number of ether oxygens (including phenoxy) is 3. The molecule has 1 spiro atoms. The molecule has 5 nitrogen and oxygen atoms in total. The molecule has 1 aromatic carbocycles. The summed E-state index contributed by atoms with van der Waals surface area (Å²) in [5.74, 6) is 0.562. The molecular weight excluding hydrogens is 428 g/mol. The number of fused-ring (bicyclic) bond motifs is 5. The van der Waals surface area contributed by atoms with Gasteiger partial charge in [-0.2, -0.15) is 0 Å². The molecule has 34 heavy (non-hydrogen) atoms. The first kappa shape index (κ1) is 22.6. The molecule has 5 fully saturated rings. The Morgan fingerprint density at radius 1 is 0.941 bits per heavy atom. The molecular formula is C29H38O5. The van der Waals surface area contributed by atoms with Crippen molar-refractivity contribution in [2.45, 2.75) is 91.0 Å². The smallest absolute Gasteiger partial charge is 0.338 e. The van der Waals surface area contributed by atoms with Crippen LogP contribution in [0.5, 0.6) is 0 Å². The van der Waals surface area contributed by atoms with Crippen LogP contribution in [0.3, 0.4) is 0 Å². The Labute approximate surface area is 202 Å². The van der Waals surface area contributed by atoms with Crippen molar-refractivity contribution in [1.29, 1.82) is 0 Å². The van der Waals surface area contributed by atoms with E-state index in [0.29, 0.717) is 24.0 Å². The van der Waals surface area contributed by atoms with E-state index in [-0.39, 0.29) is 51.9 Å². The van der Waals surface area contributed by atoms with Crippen LogP contribution in [0.15, 0.2) is 30.3 Å². The van der Waals surface area contributed by atoms with Crippen LogP contribution in [-0.2, 0) is 19.0 Å². The molecule has 4 aliphatic carbocycles. The zero-order chi connectivity index (χ0) is 23.9. The Morgan fingerprint density at radius 3 is 2.41 bits per heavy atom. The minimum absolute atomic E-state index is 0.000341. The lowest BCUT2D eigenvalue weighted by atomic mass is 9.39. The normalized spacial score (nSPS) is 48.2. The van der Waals surface area contributed by atoms with E-state index in [1.165, 1.54) is 19.8 Å². The van der Waals surface area contributed by atoms with Crippen LogP contribution in [0, 0.1) is 33.5 Å². The third-order valence-electron chi connectivity index (χ3n) is 11.0. The number of carbonyl (C=O) groups excluding carboxylic acids is 2.